The highest BCUT2D eigenvalue weighted by Gasteiger charge is 2.20. The lowest BCUT2D eigenvalue weighted by atomic mass is 9.78. The summed E-state index contributed by atoms with van der Waals surface area (Å²) in [5, 5.41) is 0. The minimum Gasteiger partial charge on any atom is -0.0654 e. The first-order valence-corrected chi connectivity index (χ1v) is 8.42. The Labute approximate surface area is 119 Å². The van der Waals surface area contributed by atoms with Gasteiger partial charge in [-0.25, -0.2) is 0 Å². The maximum absolute atomic E-state index is 2.31. The molecule has 0 amide bonds. The molecule has 19 heavy (non-hydrogen) atoms. The fourth-order valence-electron chi connectivity index (χ4n) is 3.51. The van der Waals surface area contributed by atoms with Crippen LogP contribution in [0.2, 0.25) is 0 Å². The van der Waals surface area contributed by atoms with Crippen molar-refractivity contribution in [3.05, 3.63) is 35.9 Å². The lowest BCUT2D eigenvalue weighted by Crippen LogP contribution is -2.15. The molecule has 0 radical (unpaired) electrons. The molecule has 0 aromatic heterocycles. The molecule has 106 valence electrons. The van der Waals surface area contributed by atoms with E-state index in [0.29, 0.717) is 0 Å². The molecule has 0 atom stereocenters. The Morgan fingerprint density at radius 2 is 1.47 bits per heavy atom. The summed E-state index contributed by atoms with van der Waals surface area (Å²) in [6, 6.07) is 11.0. The zero-order valence-corrected chi connectivity index (χ0v) is 12.6. The molecule has 1 saturated carbocycles. The zero-order chi connectivity index (χ0) is 13.3. The first-order valence-electron chi connectivity index (χ1n) is 8.42. The minimum absolute atomic E-state index is 1.00. The van der Waals surface area contributed by atoms with Crippen LogP contribution in [0.5, 0.6) is 0 Å². The zero-order valence-electron chi connectivity index (χ0n) is 12.6. The van der Waals surface area contributed by atoms with Crippen LogP contribution in [0.25, 0.3) is 0 Å². The normalized spacial score (nSPS) is 23.4. The summed E-state index contributed by atoms with van der Waals surface area (Å²) in [6.07, 6.45) is 14.5. The van der Waals surface area contributed by atoms with Gasteiger partial charge < -0.3 is 0 Å². The van der Waals surface area contributed by atoms with E-state index in [1.807, 2.05) is 0 Å². The van der Waals surface area contributed by atoms with Crippen molar-refractivity contribution in [2.75, 3.05) is 0 Å². The lowest BCUT2D eigenvalue weighted by Gasteiger charge is -2.28. The third-order valence-corrected chi connectivity index (χ3v) is 4.87. The van der Waals surface area contributed by atoms with Gasteiger partial charge >= 0.3 is 0 Å². The highest BCUT2D eigenvalue weighted by atomic mass is 14.3. The first-order chi connectivity index (χ1) is 9.38. The first kappa shape index (κ1) is 14.6. The smallest absolute Gasteiger partial charge is 0.0276 e. The van der Waals surface area contributed by atoms with Crippen LogP contribution >= 0.6 is 0 Å². The van der Waals surface area contributed by atoms with Gasteiger partial charge in [-0.15, -0.1) is 0 Å². The SMILES string of the molecule is CCCCC[C@H]1CC[C@H](CCc2ccccc2)CC1. The van der Waals surface area contributed by atoms with Crippen molar-refractivity contribution in [3.63, 3.8) is 0 Å². The third kappa shape index (κ3) is 5.38. The average Bonchev–Trinajstić information content (AvgIpc) is 2.48. The van der Waals surface area contributed by atoms with Crippen LogP contribution < -0.4 is 0 Å². The van der Waals surface area contributed by atoms with E-state index in [9.17, 15) is 0 Å². The summed E-state index contributed by atoms with van der Waals surface area (Å²) in [4.78, 5) is 0. The molecule has 0 aliphatic heterocycles. The van der Waals surface area contributed by atoms with Gasteiger partial charge in [0.1, 0.15) is 0 Å². The van der Waals surface area contributed by atoms with Crippen molar-refractivity contribution in [2.45, 2.75) is 71.1 Å². The van der Waals surface area contributed by atoms with Crippen LogP contribution in [0.1, 0.15) is 70.3 Å². The standard InChI is InChI=1S/C19H30/c1-2-3-5-8-18-12-15-19(16-13-18)14-11-17-9-6-4-7-10-17/h4,6-7,9-10,18-19H,2-3,5,8,11-16H2,1H3/t18-,19-. The van der Waals surface area contributed by atoms with E-state index in [0.717, 1.165) is 11.8 Å². The Bertz CT molecular complexity index is 319. The van der Waals surface area contributed by atoms with E-state index in [2.05, 4.69) is 37.3 Å². The summed E-state index contributed by atoms with van der Waals surface area (Å²) >= 11 is 0. The molecule has 0 heterocycles. The molecule has 0 N–H and O–H groups in total. The molecular formula is C19H30. The molecule has 1 aromatic carbocycles. The minimum atomic E-state index is 1.00. The van der Waals surface area contributed by atoms with Gasteiger partial charge in [-0.2, -0.15) is 0 Å². The highest BCUT2D eigenvalue weighted by molar-refractivity contribution is 5.14. The van der Waals surface area contributed by atoms with Crippen LogP contribution in [0, 0.1) is 11.8 Å². The summed E-state index contributed by atoms with van der Waals surface area (Å²) < 4.78 is 0. The fraction of sp³-hybridized carbons (Fsp3) is 0.684. The van der Waals surface area contributed by atoms with Crippen LogP contribution in [0.3, 0.4) is 0 Å². The lowest BCUT2D eigenvalue weighted by molar-refractivity contribution is 0.249. The topological polar surface area (TPSA) is 0 Å². The van der Waals surface area contributed by atoms with E-state index in [-0.39, 0.29) is 0 Å². The summed E-state index contributed by atoms with van der Waals surface area (Å²) in [7, 11) is 0. The Balaban J connectivity index is 1.61. The fourth-order valence-corrected chi connectivity index (χ4v) is 3.51. The largest absolute Gasteiger partial charge is 0.0654 e. The van der Waals surface area contributed by atoms with Gasteiger partial charge in [-0.1, -0.05) is 88.6 Å². The number of benzene rings is 1. The van der Waals surface area contributed by atoms with Gasteiger partial charge in [0.05, 0.1) is 0 Å². The maximum Gasteiger partial charge on any atom is -0.0276 e. The molecule has 1 aromatic rings. The van der Waals surface area contributed by atoms with Crippen molar-refractivity contribution in [1.29, 1.82) is 0 Å². The Morgan fingerprint density at radius 1 is 0.842 bits per heavy atom. The Hall–Kier alpha value is -0.780. The molecule has 0 bridgehead atoms. The van der Waals surface area contributed by atoms with Gasteiger partial charge in [0.25, 0.3) is 0 Å². The average molecular weight is 258 g/mol. The van der Waals surface area contributed by atoms with E-state index >= 15 is 0 Å². The molecule has 1 fully saturated rings. The van der Waals surface area contributed by atoms with Crippen LogP contribution in [-0.2, 0) is 6.42 Å². The maximum atomic E-state index is 2.31. The molecule has 0 nitrogen and oxygen atoms in total. The summed E-state index contributed by atoms with van der Waals surface area (Å²) in [6.45, 7) is 2.31. The van der Waals surface area contributed by atoms with E-state index < -0.39 is 0 Å². The molecule has 0 unspecified atom stereocenters. The van der Waals surface area contributed by atoms with E-state index in [1.54, 1.807) is 0 Å². The Morgan fingerprint density at radius 3 is 2.11 bits per heavy atom. The van der Waals surface area contributed by atoms with E-state index in [1.165, 1.54) is 69.8 Å². The van der Waals surface area contributed by atoms with Crippen LogP contribution in [0.15, 0.2) is 30.3 Å². The van der Waals surface area contributed by atoms with Crippen LogP contribution in [-0.4, -0.2) is 0 Å². The molecule has 0 heteroatoms. The third-order valence-electron chi connectivity index (χ3n) is 4.87. The second-order valence-electron chi connectivity index (χ2n) is 6.41. The molecule has 1 aliphatic carbocycles. The molecule has 1 aliphatic rings. The molecule has 2 rings (SSSR count). The second-order valence-corrected chi connectivity index (χ2v) is 6.41. The Kier molecular flexibility index (Phi) is 6.47. The van der Waals surface area contributed by atoms with Gasteiger partial charge in [0, 0.05) is 0 Å². The van der Waals surface area contributed by atoms with Crippen molar-refractivity contribution in [2.24, 2.45) is 11.8 Å². The van der Waals surface area contributed by atoms with Gasteiger partial charge in [-0.05, 0) is 30.2 Å². The van der Waals surface area contributed by atoms with Crippen molar-refractivity contribution in [1.82, 2.24) is 0 Å². The number of unbranched alkanes of at least 4 members (excludes halogenated alkanes) is 2. The van der Waals surface area contributed by atoms with E-state index in [4.69, 9.17) is 0 Å². The predicted molar refractivity (Wildman–Crippen MR) is 84.4 cm³/mol. The monoisotopic (exact) mass is 258 g/mol. The van der Waals surface area contributed by atoms with Gasteiger partial charge in [-0.3, -0.25) is 0 Å². The quantitative estimate of drug-likeness (QED) is 0.526. The number of rotatable bonds is 7. The summed E-state index contributed by atoms with van der Waals surface area (Å²) in [5.41, 5.74) is 1.52. The van der Waals surface area contributed by atoms with Gasteiger partial charge in [0.2, 0.25) is 0 Å². The van der Waals surface area contributed by atoms with Crippen molar-refractivity contribution in [3.8, 4) is 0 Å². The number of aryl methyl sites for hydroxylation is 1. The van der Waals surface area contributed by atoms with Crippen molar-refractivity contribution < 1.29 is 0 Å². The predicted octanol–water partition coefficient (Wildman–Crippen LogP) is 6.01. The highest BCUT2D eigenvalue weighted by Crippen LogP contribution is 2.34. The van der Waals surface area contributed by atoms with Crippen molar-refractivity contribution >= 4 is 0 Å². The summed E-state index contributed by atoms with van der Waals surface area (Å²) in [5.74, 6) is 2.06. The molecule has 0 saturated heterocycles. The van der Waals surface area contributed by atoms with Gasteiger partial charge in [0.15, 0.2) is 0 Å². The molecule has 0 spiro atoms. The number of hydrogen-bond donors (Lipinski definition) is 0. The number of hydrogen-bond acceptors (Lipinski definition) is 0. The molecular weight excluding hydrogens is 228 g/mol. The second kappa shape index (κ2) is 8.40. The van der Waals surface area contributed by atoms with Crippen LogP contribution in [0.4, 0.5) is 0 Å².